The summed E-state index contributed by atoms with van der Waals surface area (Å²) in [5.41, 5.74) is 5.68. The first-order chi connectivity index (χ1) is 8.57. The van der Waals surface area contributed by atoms with Crippen LogP contribution in [0.4, 0.5) is 0 Å². The van der Waals surface area contributed by atoms with E-state index in [9.17, 15) is 4.79 Å². The fraction of sp³-hybridized carbons (Fsp3) is 0.455. The predicted octanol–water partition coefficient (Wildman–Crippen LogP) is 2.14. The standard InChI is InChI=1S/C11H14IN3O2S/c12-8-5-7(6-18-8)9(16)14-11(10(13)15-17)3-1-2-4-11/h5-6,17H,1-4H2,(H2,13,15)(H,14,16). The number of oxime groups is 1. The number of nitrogens with zero attached hydrogens (tertiary/aromatic N) is 1. The maximum absolute atomic E-state index is 12.1. The number of nitrogens with two attached hydrogens (primary N) is 1. The van der Waals surface area contributed by atoms with E-state index >= 15 is 0 Å². The summed E-state index contributed by atoms with van der Waals surface area (Å²) in [5.74, 6) is -0.0686. The minimum Gasteiger partial charge on any atom is -0.409 e. The Morgan fingerprint density at radius 2 is 2.22 bits per heavy atom. The SMILES string of the molecule is NC(=NO)C1(NC(=O)c2csc(I)c2)CCCC1. The first-order valence-corrected chi connectivity index (χ1v) is 7.58. The van der Waals surface area contributed by atoms with Gasteiger partial charge in [0.15, 0.2) is 5.84 Å². The van der Waals surface area contributed by atoms with Crippen LogP contribution in [0.5, 0.6) is 0 Å². The van der Waals surface area contributed by atoms with Gasteiger partial charge in [0.25, 0.3) is 5.91 Å². The highest BCUT2D eigenvalue weighted by atomic mass is 127. The molecule has 1 saturated carbocycles. The Kier molecular flexibility index (Phi) is 4.10. The lowest BCUT2D eigenvalue weighted by atomic mass is 9.95. The van der Waals surface area contributed by atoms with E-state index in [0.717, 1.165) is 28.6 Å². The number of rotatable bonds is 3. The van der Waals surface area contributed by atoms with Gasteiger partial charge in [0.05, 0.1) is 8.45 Å². The van der Waals surface area contributed by atoms with Crippen LogP contribution < -0.4 is 11.1 Å². The number of amidine groups is 1. The van der Waals surface area contributed by atoms with Crippen LogP contribution in [0.25, 0.3) is 0 Å². The molecule has 98 valence electrons. The average Bonchev–Trinajstić information content (AvgIpc) is 2.98. The maximum atomic E-state index is 12.1. The van der Waals surface area contributed by atoms with E-state index < -0.39 is 5.54 Å². The zero-order valence-corrected chi connectivity index (χ0v) is 12.6. The number of hydrogen-bond acceptors (Lipinski definition) is 4. The highest BCUT2D eigenvalue weighted by Crippen LogP contribution is 2.30. The van der Waals surface area contributed by atoms with Crippen LogP contribution in [0.3, 0.4) is 0 Å². The molecule has 1 aromatic heterocycles. The van der Waals surface area contributed by atoms with Crippen LogP contribution in [-0.4, -0.2) is 22.5 Å². The van der Waals surface area contributed by atoms with Gasteiger partial charge in [0.1, 0.15) is 5.54 Å². The molecule has 2 rings (SSSR count). The third-order valence-corrected chi connectivity index (χ3v) is 5.03. The van der Waals surface area contributed by atoms with Gasteiger partial charge in [-0.05, 0) is 41.5 Å². The number of halogens is 1. The molecular weight excluding hydrogens is 365 g/mol. The van der Waals surface area contributed by atoms with Gasteiger partial charge in [-0.25, -0.2) is 0 Å². The second-order valence-corrected chi connectivity index (χ2v) is 7.17. The van der Waals surface area contributed by atoms with E-state index in [0.29, 0.717) is 5.56 Å². The first kappa shape index (κ1) is 13.6. The van der Waals surface area contributed by atoms with Crippen molar-refractivity contribution in [2.24, 2.45) is 10.9 Å². The Balaban J connectivity index is 2.17. The highest BCUT2D eigenvalue weighted by Gasteiger charge is 2.40. The van der Waals surface area contributed by atoms with Gasteiger partial charge >= 0.3 is 0 Å². The summed E-state index contributed by atoms with van der Waals surface area (Å²) in [6.45, 7) is 0. The van der Waals surface area contributed by atoms with E-state index in [4.69, 9.17) is 10.9 Å². The van der Waals surface area contributed by atoms with Gasteiger partial charge in [-0.3, -0.25) is 4.79 Å². The van der Waals surface area contributed by atoms with E-state index in [1.165, 1.54) is 11.3 Å². The topological polar surface area (TPSA) is 87.7 Å². The van der Waals surface area contributed by atoms with Crippen molar-refractivity contribution in [3.05, 3.63) is 19.9 Å². The Labute approximate surface area is 123 Å². The van der Waals surface area contributed by atoms with E-state index in [-0.39, 0.29) is 11.7 Å². The van der Waals surface area contributed by atoms with Crippen LogP contribution in [0.1, 0.15) is 36.0 Å². The number of carbonyl (C=O) groups is 1. The lowest BCUT2D eigenvalue weighted by molar-refractivity contribution is 0.0923. The molecule has 1 aliphatic rings. The minimum absolute atomic E-state index is 0.0956. The van der Waals surface area contributed by atoms with Gasteiger partial charge in [-0.15, -0.1) is 11.3 Å². The molecule has 0 aliphatic heterocycles. The van der Waals surface area contributed by atoms with Crippen molar-refractivity contribution in [2.45, 2.75) is 31.2 Å². The van der Waals surface area contributed by atoms with Crippen LogP contribution in [0.15, 0.2) is 16.6 Å². The third-order valence-electron chi connectivity index (χ3n) is 3.24. The van der Waals surface area contributed by atoms with Crippen LogP contribution in [0, 0.1) is 2.88 Å². The van der Waals surface area contributed by atoms with Crippen LogP contribution in [-0.2, 0) is 0 Å². The molecule has 18 heavy (non-hydrogen) atoms. The normalized spacial score (nSPS) is 18.8. The maximum Gasteiger partial charge on any atom is 0.252 e. The zero-order chi connectivity index (χ0) is 13.2. The van der Waals surface area contributed by atoms with Crippen molar-refractivity contribution in [3.8, 4) is 0 Å². The fourth-order valence-corrected chi connectivity index (χ4v) is 3.56. The lowest BCUT2D eigenvalue weighted by Gasteiger charge is -2.28. The minimum atomic E-state index is -0.681. The van der Waals surface area contributed by atoms with Crippen molar-refractivity contribution in [3.63, 3.8) is 0 Å². The fourth-order valence-electron chi connectivity index (χ4n) is 2.24. The average molecular weight is 379 g/mol. The molecule has 0 saturated heterocycles. The second kappa shape index (κ2) is 5.43. The quantitative estimate of drug-likeness (QED) is 0.247. The number of hydrogen-bond donors (Lipinski definition) is 3. The summed E-state index contributed by atoms with van der Waals surface area (Å²) >= 11 is 3.69. The summed E-state index contributed by atoms with van der Waals surface area (Å²) in [6, 6.07) is 1.83. The molecule has 0 radical (unpaired) electrons. The molecular formula is C11H14IN3O2S. The van der Waals surface area contributed by atoms with E-state index in [1.54, 1.807) is 0 Å². The molecule has 7 heteroatoms. The monoisotopic (exact) mass is 379 g/mol. The number of carbonyl (C=O) groups excluding carboxylic acids is 1. The van der Waals surface area contributed by atoms with Crippen molar-refractivity contribution in [1.29, 1.82) is 0 Å². The third kappa shape index (κ3) is 2.61. The van der Waals surface area contributed by atoms with Gasteiger partial charge in [-0.2, -0.15) is 0 Å². The molecule has 0 spiro atoms. The molecule has 5 nitrogen and oxygen atoms in total. The molecule has 0 unspecified atom stereocenters. The highest BCUT2D eigenvalue weighted by molar-refractivity contribution is 14.1. The van der Waals surface area contributed by atoms with E-state index in [2.05, 4.69) is 33.1 Å². The lowest BCUT2D eigenvalue weighted by Crippen LogP contribution is -2.55. The first-order valence-electron chi connectivity index (χ1n) is 5.62. The van der Waals surface area contributed by atoms with Crippen molar-refractivity contribution in [1.82, 2.24) is 5.32 Å². The van der Waals surface area contributed by atoms with Crippen molar-refractivity contribution < 1.29 is 10.0 Å². The number of amides is 1. The summed E-state index contributed by atoms with van der Waals surface area (Å²) in [5, 5.41) is 16.7. The predicted molar refractivity (Wildman–Crippen MR) is 79.1 cm³/mol. The Morgan fingerprint density at radius 1 is 1.56 bits per heavy atom. The van der Waals surface area contributed by atoms with Crippen molar-refractivity contribution in [2.75, 3.05) is 0 Å². The number of nitrogens with one attached hydrogen (secondary N) is 1. The van der Waals surface area contributed by atoms with E-state index in [1.807, 2.05) is 11.4 Å². The molecule has 0 atom stereocenters. The second-order valence-electron chi connectivity index (χ2n) is 4.37. The van der Waals surface area contributed by atoms with Gasteiger partial charge in [0.2, 0.25) is 0 Å². The van der Waals surface area contributed by atoms with Gasteiger partial charge in [0, 0.05) is 5.38 Å². The van der Waals surface area contributed by atoms with Crippen LogP contribution in [0.2, 0.25) is 0 Å². The summed E-state index contributed by atoms with van der Waals surface area (Å²) in [6.07, 6.45) is 3.38. The van der Waals surface area contributed by atoms with Gasteiger partial charge < -0.3 is 16.3 Å². The number of thiophene rings is 1. The van der Waals surface area contributed by atoms with Crippen molar-refractivity contribution >= 4 is 45.7 Å². The smallest absolute Gasteiger partial charge is 0.252 e. The van der Waals surface area contributed by atoms with Gasteiger partial charge in [-0.1, -0.05) is 18.0 Å². The summed E-state index contributed by atoms with van der Waals surface area (Å²) in [7, 11) is 0. The molecule has 1 aromatic rings. The zero-order valence-electron chi connectivity index (χ0n) is 9.65. The Morgan fingerprint density at radius 3 is 2.72 bits per heavy atom. The van der Waals surface area contributed by atoms with Crippen LogP contribution >= 0.6 is 33.9 Å². The molecule has 1 fully saturated rings. The Bertz CT molecular complexity index is 480. The largest absolute Gasteiger partial charge is 0.409 e. The molecule has 0 aromatic carbocycles. The molecule has 4 N–H and O–H groups in total. The molecule has 0 bridgehead atoms. The molecule has 1 aliphatic carbocycles. The Hall–Kier alpha value is -0.830. The molecule has 1 amide bonds. The summed E-state index contributed by atoms with van der Waals surface area (Å²) < 4.78 is 1.06. The summed E-state index contributed by atoms with van der Waals surface area (Å²) in [4.78, 5) is 12.1. The molecule has 1 heterocycles.